The fraction of sp³-hybridized carbons (Fsp3) is 0.312. The van der Waals surface area contributed by atoms with E-state index in [4.69, 9.17) is 9.15 Å². The number of benzene rings is 1. The lowest BCUT2D eigenvalue weighted by Gasteiger charge is -1.99. The van der Waals surface area contributed by atoms with E-state index < -0.39 is 0 Å². The van der Waals surface area contributed by atoms with Crippen LogP contribution in [0.2, 0.25) is 0 Å². The monoisotopic (exact) mass is 391 g/mol. The summed E-state index contributed by atoms with van der Waals surface area (Å²) < 4.78 is 10.7. The van der Waals surface area contributed by atoms with E-state index in [2.05, 4.69) is 32.6 Å². The summed E-state index contributed by atoms with van der Waals surface area (Å²) >= 11 is 2.55. The molecule has 0 saturated carbocycles. The Kier molecular flexibility index (Phi) is 6.18. The third-order valence-electron chi connectivity index (χ3n) is 3.25. The zero-order valence-corrected chi connectivity index (χ0v) is 15.9. The number of carbonyl (C=O) groups excluding carboxylic acids is 1. The quantitative estimate of drug-likeness (QED) is 0.584. The maximum atomic E-state index is 12.0. The van der Waals surface area contributed by atoms with Crippen molar-refractivity contribution in [3.05, 3.63) is 29.3 Å². The standard InChI is InChI=1S/C16H17N5O3S2/c1-3-4-13-18-20-15(26-13)17-12(22)9-25-16-21-19-14(24-16)10-5-7-11(23-2)8-6-10/h5-8H,3-4,9H2,1-2H3,(H,17,20,22). The van der Waals surface area contributed by atoms with Crippen LogP contribution in [0.1, 0.15) is 18.4 Å². The Bertz CT molecular complexity index is 863. The third-order valence-corrected chi connectivity index (χ3v) is 4.96. The third kappa shape index (κ3) is 4.79. The van der Waals surface area contributed by atoms with E-state index >= 15 is 0 Å². The molecule has 1 aromatic carbocycles. The zero-order valence-electron chi connectivity index (χ0n) is 14.3. The van der Waals surface area contributed by atoms with Gasteiger partial charge >= 0.3 is 0 Å². The molecular weight excluding hydrogens is 374 g/mol. The molecule has 8 nitrogen and oxygen atoms in total. The number of aromatic nitrogens is 4. The summed E-state index contributed by atoms with van der Waals surface area (Å²) in [5.74, 6) is 1.09. The Hall–Kier alpha value is -2.46. The molecule has 0 fully saturated rings. The lowest BCUT2D eigenvalue weighted by atomic mass is 10.2. The molecule has 3 rings (SSSR count). The number of amides is 1. The van der Waals surface area contributed by atoms with E-state index in [0.29, 0.717) is 16.2 Å². The number of methoxy groups -OCH3 is 1. The smallest absolute Gasteiger partial charge is 0.277 e. The van der Waals surface area contributed by atoms with Crippen LogP contribution in [-0.4, -0.2) is 39.2 Å². The first kappa shape index (κ1) is 18.3. The Labute approximate surface area is 158 Å². The van der Waals surface area contributed by atoms with E-state index in [1.54, 1.807) is 7.11 Å². The van der Waals surface area contributed by atoms with Crippen molar-refractivity contribution in [1.29, 1.82) is 0 Å². The summed E-state index contributed by atoms with van der Waals surface area (Å²) in [4.78, 5) is 12.0. The van der Waals surface area contributed by atoms with E-state index in [-0.39, 0.29) is 11.7 Å². The molecule has 0 saturated heterocycles. The largest absolute Gasteiger partial charge is 0.497 e. The highest BCUT2D eigenvalue weighted by Crippen LogP contribution is 2.25. The molecule has 0 unspecified atom stereocenters. The molecule has 0 radical (unpaired) electrons. The lowest BCUT2D eigenvalue weighted by molar-refractivity contribution is -0.113. The van der Waals surface area contributed by atoms with Crippen LogP contribution in [0, 0.1) is 0 Å². The number of thioether (sulfide) groups is 1. The first-order chi connectivity index (χ1) is 12.7. The Balaban J connectivity index is 1.52. The second-order valence-corrected chi connectivity index (χ2v) is 7.18. The number of hydrogen-bond acceptors (Lipinski definition) is 9. The summed E-state index contributed by atoms with van der Waals surface area (Å²) in [6.45, 7) is 2.07. The number of carbonyl (C=O) groups is 1. The number of ether oxygens (including phenoxy) is 1. The lowest BCUT2D eigenvalue weighted by Crippen LogP contribution is -2.13. The number of anilines is 1. The summed E-state index contributed by atoms with van der Waals surface area (Å²) in [7, 11) is 1.61. The number of nitrogens with one attached hydrogen (secondary N) is 1. The van der Waals surface area contributed by atoms with Crippen LogP contribution < -0.4 is 10.1 Å². The van der Waals surface area contributed by atoms with E-state index in [1.165, 1.54) is 23.1 Å². The molecule has 1 amide bonds. The molecule has 1 N–H and O–H groups in total. The number of aryl methyl sites for hydroxylation is 1. The minimum Gasteiger partial charge on any atom is -0.497 e. The van der Waals surface area contributed by atoms with Crippen LogP contribution in [0.4, 0.5) is 5.13 Å². The number of rotatable bonds is 8. The van der Waals surface area contributed by atoms with Gasteiger partial charge in [-0.25, -0.2) is 0 Å². The maximum Gasteiger partial charge on any atom is 0.277 e. The van der Waals surface area contributed by atoms with Gasteiger partial charge < -0.3 is 9.15 Å². The van der Waals surface area contributed by atoms with Crippen molar-refractivity contribution in [3.8, 4) is 17.2 Å². The fourth-order valence-corrected chi connectivity index (χ4v) is 3.44. The van der Waals surface area contributed by atoms with Crippen molar-refractivity contribution in [1.82, 2.24) is 20.4 Å². The van der Waals surface area contributed by atoms with Gasteiger partial charge in [0.15, 0.2) is 0 Å². The van der Waals surface area contributed by atoms with Crippen LogP contribution in [0.5, 0.6) is 5.75 Å². The van der Waals surface area contributed by atoms with Gasteiger partial charge in [-0.3, -0.25) is 10.1 Å². The summed E-state index contributed by atoms with van der Waals surface area (Å²) in [6.07, 6.45) is 1.85. The highest BCUT2D eigenvalue weighted by atomic mass is 32.2. The average Bonchev–Trinajstić information content (AvgIpc) is 3.30. The number of nitrogens with zero attached hydrogens (tertiary/aromatic N) is 4. The second kappa shape index (κ2) is 8.77. The van der Waals surface area contributed by atoms with Crippen LogP contribution in [0.3, 0.4) is 0 Å². The molecule has 0 bridgehead atoms. The first-order valence-corrected chi connectivity index (χ1v) is 9.71. The first-order valence-electron chi connectivity index (χ1n) is 7.91. The molecule has 2 aromatic heterocycles. The molecule has 26 heavy (non-hydrogen) atoms. The average molecular weight is 391 g/mol. The Morgan fingerprint density at radius 3 is 2.77 bits per heavy atom. The predicted octanol–water partition coefficient (Wildman–Crippen LogP) is 3.28. The predicted molar refractivity (Wildman–Crippen MR) is 99.5 cm³/mol. The molecule has 2 heterocycles. The molecule has 136 valence electrons. The van der Waals surface area contributed by atoms with Crippen molar-refractivity contribution < 1.29 is 13.9 Å². The van der Waals surface area contributed by atoms with Crippen molar-refractivity contribution in [2.24, 2.45) is 0 Å². The van der Waals surface area contributed by atoms with Crippen molar-refractivity contribution in [2.45, 2.75) is 25.0 Å². The molecule has 0 aliphatic rings. The van der Waals surface area contributed by atoms with Crippen molar-refractivity contribution in [2.75, 3.05) is 18.2 Å². The number of hydrogen-bond donors (Lipinski definition) is 1. The molecule has 3 aromatic rings. The molecule has 0 atom stereocenters. The molecule has 0 aliphatic carbocycles. The van der Waals surface area contributed by atoms with Gasteiger partial charge in [-0.2, -0.15) is 0 Å². The zero-order chi connectivity index (χ0) is 18.4. The van der Waals surface area contributed by atoms with E-state index in [0.717, 1.165) is 29.2 Å². The van der Waals surface area contributed by atoms with Gasteiger partial charge in [-0.1, -0.05) is 30.0 Å². The normalized spacial score (nSPS) is 10.7. The van der Waals surface area contributed by atoms with Crippen LogP contribution >= 0.6 is 23.1 Å². The highest BCUT2D eigenvalue weighted by molar-refractivity contribution is 7.99. The van der Waals surface area contributed by atoms with Gasteiger partial charge in [0.1, 0.15) is 10.8 Å². The molecule has 10 heteroatoms. The summed E-state index contributed by atoms with van der Waals surface area (Å²) in [5, 5.41) is 20.4. The molecule has 0 spiro atoms. The highest BCUT2D eigenvalue weighted by Gasteiger charge is 2.13. The van der Waals surface area contributed by atoms with Gasteiger partial charge in [0, 0.05) is 12.0 Å². The summed E-state index contributed by atoms with van der Waals surface area (Å²) in [6, 6.07) is 7.29. The van der Waals surface area contributed by atoms with Crippen molar-refractivity contribution in [3.63, 3.8) is 0 Å². The van der Waals surface area contributed by atoms with E-state index in [9.17, 15) is 4.79 Å². The molecule has 0 aliphatic heterocycles. The molecular formula is C16H17N5O3S2. The topological polar surface area (TPSA) is 103 Å². The fourth-order valence-electron chi connectivity index (χ4n) is 2.02. The Morgan fingerprint density at radius 1 is 1.23 bits per heavy atom. The minimum atomic E-state index is -0.196. The maximum absolute atomic E-state index is 12.0. The van der Waals surface area contributed by atoms with Gasteiger partial charge in [0.05, 0.1) is 12.9 Å². The summed E-state index contributed by atoms with van der Waals surface area (Å²) in [5.41, 5.74) is 0.784. The van der Waals surface area contributed by atoms with Gasteiger partial charge in [0.2, 0.25) is 16.9 Å². The van der Waals surface area contributed by atoms with Crippen molar-refractivity contribution >= 4 is 34.1 Å². The van der Waals surface area contributed by atoms with Crippen LogP contribution in [-0.2, 0) is 11.2 Å². The van der Waals surface area contributed by atoms with Gasteiger partial charge in [-0.15, -0.1) is 20.4 Å². The van der Waals surface area contributed by atoms with Crippen LogP contribution in [0.15, 0.2) is 33.9 Å². The van der Waals surface area contributed by atoms with E-state index in [1.807, 2.05) is 24.3 Å². The minimum absolute atomic E-state index is 0.146. The SMILES string of the molecule is CCCc1nnc(NC(=O)CSc2nnc(-c3ccc(OC)cc3)o2)s1. The Morgan fingerprint density at radius 2 is 2.04 bits per heavy atom. The second-order valence-electron chi connectivity index (χ2n) is 5.19. The van der Waals surface area contributed by atoms with Crippen LogP contribution in [0.25, 0.3) is 11.5 Å². The van der Waals surface area contributed by atoms with Gasteiger partial charge in [0.25, 0.3) is 5.22 Å². The van der Waals surface area contributed by atoms with Gasteiger partial charge in [-0.05, 0) is 30.7 Å².